The molecule has 2 heterocycles. The molecule has 0 spiro atoms. The molecule has 0 atom stereocenters. The van der Waals surface area contributed by atoms with Gasteiger partial charge in [-0.1, -0.05) is 6.07 Å². The van der Waals surface area contributed by atoms with Gasteiger partial charge in [0, 0.05) is 25.0 Å². The van der Waals surface area contributed by atoms with Gasteiger partial charge >= 0.3 is 0 Å². The van der Waals surface area contributed by atoms with Crippen LogP contribution in [0, 0.1) is 6.92 Å². The second kappa shape index (κ2) is 5.43. The number of anilines is 1. The molecule has 0 radical (unpaired) electrons. The Kier molecular flexibility index (Phi) is 3.70. The summed E-state index contributed by atoms with van der Waals surface area (Å²) in [5.74, 6) is 0.409. The molecule has 6 nitrogen and oxygen atoms in total. The molecule has 2 aromatic heterocycles. The van der Waals surface area contributed by atoms with E-state index in [1.54, 1.807) is 25.2 Å². The molecule has 2 rings (SSSR count). The second-order valence-corrected chi connectivity index (χ2v) is 3.93. The normalized spacial score (nSPS) is 10.1. The van der Waals surface area contributed by atoms with Crippen molar-refractivity contribution in [3.8, 4) is 5.88 Å². The zero-order valence-electron chi connectivity index (χ0n) is 11.0. The smallest absolute Gasteiger partial charge is 0.278 e. The van der Waals surface area contributed by atoms with Crippen LogP contribution in [0.5, 0.6) is 5.88 Å². The van der Waals surface area contributed by atoms with Crippen molar-refractivity contribution in [3.63, 3.8) is 0 Å². The third-order valence-electron chi connectivity index (χ3n) is 2.54. The summed E-state index contributed by atoms with van der Waals surface area (Å²) in [6.45, 7) is 1.83. The summed E-state index contributed by atoms with van der Waals surface area (Å²) < 4.78 is 5.00. The molecule has 0 saturated heterocycles. The number of pyridine rings is 1. The molecule has 19 heavy (non-hydrogen) atoms. The Morgan fingerprint density at radius 3 is 2.74 bits per heavy atom. The van der Waals surface area contributed by atoms with E-state index in [1.807, 2.05) is 13.0 Å². The van der Waals surface area contributed by atoms with Crippen LogP contribution in [0.2, 0.25) is 0 Å². The summed E-state index contributed by atoms with van der Waals surface area (Å²) in [5, 5.41) is 0. The zero-order valence-corrected chi connectivity index (χ0v) is 11.0. The van der Waals surface area contributed by atoms with Crippen LogP contribution in [0.15, 0.2) is 30.5 Å². The number of carbonyl (C=O) groups excluding carboxylic acids is 1. The Bertz CT molecular complexity index is 601. The number of hydrogen-bond donors (Lipinski definition) is 0. The largest absolute Gasteiger partial charge is 0.481 e. The summed E-state index contributed by atoms with van der Waals surface area (Å²) >= 11 is 0. The molecule has 0 N–H and O–H groups in total. The van der Waals surface area contributed by atoms with Crippen LogP contribution < -0.4 is 9.64 Å². The number of ether oxygens (including phenoxy) is 1. The number of nitrogens with zero attached hydrogens (tertiary/aromatic N) is 4. The molecular formula is C13H14N4O2. The van der Waals surface area contributed by atoms with Gasteiger partial charge in [-0.2, -0.15) is 4.98 Å². The quantitative estimate of drug-likeness (QED) is 0.833. The lowest BCUT2D eigenvalue weighted by Crippen LogP contribution is -2.29. The van der Waals surface area contributed by atoms with Gasteiger partial charge in [-0.3, -0.25) is 9.69 Å². The van der Waals surface area contributed by atoms with Crippen LogP contribution in [0.3, 0.4) is 0 Å². The monoisotopic (exact) mass is 258 g/mol. The molecule has 2 aromatic rings. The maximum atomic E-state index is 12.2. The minimum atomic E-state index is -0.267. The van der Waals surface area contributed by atoms with Gasteiger partial charge in [0.1, 0.15) is 5.69 Å². The fraction of sp³-hybridized carbons (Fsp3) is 0.231. The molecule has 0 aromatic carbocycles. The lowest BCUT2D eigenvalue weighted by Gasteiger charge is -2.15. The Labute approximate surface area is 111 Å². The first-order valence-corrected chi connectivity index (χ1v) is 5.70. The van der Waals surface area contributed by atoms with Gasteiger partial charge < -0.3 is 4.74 Å². The fourth-order valence-electron chi connectivity index (χ4n) is 1.53. The van der Waals surface area contributed by atoms with Crippen LogP contribution in [-0.4, -0.2) is 35.0 Å². The van der Waals surface area contributed by atoms with Crippen molar-refractivity contribution in [2.45, 2.75) is 6.92 Å². The summed E-state index contributed by atoms with van der Waals surface area (Å²) in [4.78, 5) is 25.9. The van der Waals surface area contributed by atoms with E-state index in [0.29, 0.717) is 11.6 Å². The molecule has 6 heteroatoms. The highest BCUT2D eigenvalue weighted by Crippen LogP contribution is 2.13. The molecule has 0 saturated carbocycles. The van der Waals surface area contributed by atoms with Crippen LogP contribution in [-0.2, 0) is 0 Å². The average molecular weight is 258 g/mol. The van der Waals surface area contributed by atoms with E-state index in [-0.39, 0.29) is 11.9 Å². The summed E-state index contributed by atoms with van der Waals surface area (Å²) in [6, 6.07) is 6.90. The Morgan fingerprint density at radius 1 is 1.26 bits per heavy atom. The van der Waals surface area contributed by atoms with Crippen LogP contribution >= 0.6 is 0 Å². The molecule has 0 unspecified atom stereocenters. The number of hydrogen-bond acceptors (Lipinski definition) is 5. The molecule has 0 bridgehead atoms. The van der Waals surface area contributed by atoms with Gasteiger partial charge in [0.15, 0.2) is 0 Å². The first-order valence-electron chi connectivity index (χ1n) is 5.70. The van der Waals surface area contributed by atoms with Crippen molar-refractivity contribution in [1.29, 1.82) is 0 Å². The maximum Gasteiger partial charge on any atom is 0.278 e. The van der Waals surface area contributed by atoms with E-state index in [9.17, 15) is 4.79 Å². The zero-order chi connectivity index (χ0) is 13.8. The van der Waals surface area contributed by atoms with E-state index < -0.39 is 0 Å². The molecule has 0 aliphatic heterocycles. The summed E-state index contributed by atoms with van der Waals surface area (Å²) in [7, 11) is 3.11. The van der Waals surface area contributed by atoms with Gasteiger partial charge in [-0.15, -0.1) is 0 Å². The molecule has 0 aliphatic rings. The fourth-order valence-corrected chi connectivity index (χ4v) is 1.53. The van der Waals surface area contributed by atoms with Gasteiger partial charge in [0.2, 0.25) is 11.8 Å². The van der Waals surface area contributed by atoms with Gasteiger partial charge in [-0.05, 0) is 19.1 Å². The van der Waals surface area contributed by atoms with E-state index in [4.69, 9.17) is 4.74 Å². The Balaban J connectivity index is 2.28. The molecule has 0 aliphatic carbocycles. The van der Waals surface area contributed by atoms with Crippen molar-refractivity contribution < 1.29 is 9.53 Å². The molecule has 1 amide bonds. The average Bonchev–Trinajstić information content (AvgIpc) is 2.45. The number of carbonyl (C=O) groups is 1. The Hall–Kier alpha value is -2.50. The predicted octanol–water partition coefficient (Wildman–Crippen LogP) is 1.47. The highest BCUT2D eigenvalue weighted by atomic mass is 16.5. The number of rotatable bonds is 3. The maximum absolute atomic E-state index is 12.2. The van der Waals surface area contributed by atoms with Crippen molar-refractivity contribution in [3.05, 3.63) is 41.9 Å². The second-order valence-electron chi connectivity index (χ2n) is 3.93. The number of aromatic nitrogens is 3. The van der Waals surface area contributed by atoms with Crippen LogP contribution in [0.25, 0.3) is 0 Å². The summed E-state index contributed by atoms with van der Waals surface area (Å²) in [5.41, 5.74) is 1.14. The van der Waals surface area contributed by atoms with E-state index in [0.717, 1.165) is 5.69 Å². The topological polar surface area (TPSA) is 68.2 Å². The predicted molar refractivity (Wildman–Crippen MR) is 70.3 cm³/mol. The third-order valence-corrected chi connectivity index (χ3v) is 2.54. The van der Waals surface area contributed by atoms with Crippen molar-refractivity contribution in [1.82, 2.24) is 15.0 Å². The van der Waals surface area contributed by atoms with E-state index in [2.05, 4.69) is 15.0 Å². The van der Waals surface area contributed by atoms with Gasteiger partial charge in [-0.25, -0.2) is 9.97 Å². The van der Waals surface area contributed by atoms with Crippen molar-refractivity contribution in [2.75, 3.05) is 19.1 Å². The first kappa shape index (κ1) is 12.9. The van der Waals surface area contributed by atoms with Crippen LogP contribution in [0.4, 0.5) is 5.95 Å². The SMILES string of the molecule is COc1ccnc(N(C)C(=O)c2cccc(C)n2)n1. The van der Waals surface area contributed by atoms with E-state index in [1.165, 1.54) is 18.2 Å². The number of amides is 1. The third kappa shape index (κ3) is 2.85. The highest BCUT2D eigenvalue weighted by Gasteiger charge is 2.17. The van der Waals surface area contributed by atoms with Crippen LogP contribution in [0.1, 0.15) is 16.2 Å². The molecule has 98 valence electrons. The Morgan fingerprint density at radius 2 is 2.05 bits per heavy atom. The number of methoxy groups -OCH3 is 1. The summed E-state index contributed by atoms with van der Waals surface area (Å²) in [6.07, 6.45) is 1.54. The van der Waals surface area contributed by atoms with Crippen molar-refractivity contribution >= 4 is 11.9 Å². The lowest BCUT2D eigenvalue weighted by molar-refractivity contribution is 0.0986. The lowest BCUT2D eigenvalue weighted by atomic mass is 10.3. The highest BCUT2D eigenvalue weighted by molar-refractivity contribution is 6.03. The molecule has 0 fully saturated rings. The minimum absolute atomic E-state index is 0.267. The van der Waals surface area contributed by atoms with Gasteiger partial charge in [0.25, 0.3) is 5.91 Å². The minimum Gasteiger partial charge on any atom is -0.481 e. The standard InChI is InChI=1S/C13H14N4O2/c1-9-5-4-6-10(15-9)12(18)17(2)13-14-8-7-11(16-13)19-3/h4-8H,1-3H3. The van der Waals surface area contributed by atoms with Crippen molar-refractivity contribution in [2.24, 2.45) is 0 Å². The number of aryl methyl sites for hydroxylation is 1. The van der Waals surface area contributed by atoms with E-state index >= 15 is 0 Å². The molecular weight excluding hydrogens is 244 g/mol. The van der Waals surface area contributed by atoms with Gasteiger partial charge in [0.05, 0.1) is 7.11 Å². The first-order chi connectivity index (χ1) is 9.11.